The molecule has 19 heavy (non-hydrogen) atoms. The van der Waals surface area contributed by atoms with Crippen LogP contribution in [0.25, 0.3) is 0 Å². The molecule has 0 aromatic heterocycles. The molecular weight excluding hydrogens is 256 g/mol. The van der Waals surface area contributed by atoms with E-state index in [0.717, 1.165) is 17.6 Å². The SMILES string of the molecule is CCC1CN2CCCC2CN1Cc1ccc(Cl)cc1. The lowest BCUT2D eigenvalue weighted by Crippen LogP contribution is -2.55. The molecule has 3 heteroatoms. The van der Waals surface area contributed by atoms with Gasteiger partial charge in [0.1, 0.15) is 0 Å². The van der Waals surface area contributed by atoms with Crippen LogP contribution in [-0.4, -0.2) is 41.5 Å². The van der Waals surface area contributed by atoms with E-state index >= 15 is 0 Å². The molecule has 1 aromatic carbocycles. The second kappa shape index (κ2) is 5.82. The quantitative estimate of drug-likeness (QED) is 0.836. The molecule has 0 spiro atoms. The molecule has 2 fully saturated rings. The lowest BCUT2D eigenvalue weighted by atomic mass is 10.0. The highest BCUT2D eigenvalue weighted by Crippen LogP contribution is 2.27. The molecule has 0 aliphatic carbocycles. The van der Waals surface area contributed by atoms with Crippen LogP contribution >= 0.6 is 11.6 Å². The van der Waals surface area contributed by atoms with Gasteiger partial charge in [-0.3, -0.25) is 9.80 Å². The molecule has 0 radical (unpaired) electrons. The summed E-state index contributed by atoms with van der Waals surface area (Å²) in [4.78, 5) is 5.38. The average Bonchev–Trinajstić information content (AvgIpc) is 2.87. The van der Waals surface area contributed by atoms with Gasteiger partial charge in [0.15, 0.2) is 0 Å². The van der Waals surface area contributed by atoms with Gasteiger partial charge in [0.25, 0.3) is 0 Å². The summed E-state index contributed by atoms with van der Waals surface area (Å²) in [5.41, 5.74) is 1.38. The standard InChI is InChI=1S/C16H23ClN2/c1-2-15-11-18-9-3-4-16(18)12-19(15)10-13-5-7-14(17)8-6-13/h5-8,15-16H,2-4,9-12H2,1H3. The van der Waals surface area contributed by atoms with Crippen molar-refractivity contribution >= 4 is 11.6 Å². The van der Waals surface area contributed by atoms with E-state index in [4.69, 9.17) is 11.6 Å². The van der Waals surface area contributed by atoms with E-state index in [1.54, 1.807) is 0 Å². The van der Waals surface area contributed by atoms with Crippen molar-refractivity contribution in [2.45, 2.75) is 44.8 Å². The van der Waals surface area contributed by atoms with Gasteiger partial charge in [-0.05, 0) is 43.5 Å². The summed E-state index contributed by atoms with van der Waals surface area (Å²) in [5, 5.41) is 0.830. The Balaban J connectivity index is 1.69. The first-order valence-corrected chi connectivity index (χ1v) is 7.86. The Bertz CT molecular complexity index is 417. The van der Waals surface area contributed by atoms with E-state index in [-0.39, 0.29) is 0 Å². The molecule has 104 valence electrons. The van der Waals surface area contributed by atoms with Gasteiger partial charge in [-0.1, -0.05) is 30.7 Å². The van der Waals surface area contributed by atoms with Crippen LogP contribution in [0.1, 0.15) is 31.7 Å². The van der Waals surface area contributed by atoms with Gasteiger partial charge < -0.3 is 0 Å². The molecule has 2 saturated heterocycles. The van der Waals surface area contributed by atoms with Crippen LogP contribution in [0.15, 0.2) is 24.3 Å². The van der Waals surface area contributed by atoms with Crippen molar-refractivity contribution in [2.75, 3.05) is 19.6 Å². The maximum absolute atomic E-state index is 5.96. The van der Waals surface area contributed by atoms with Crippen molar-refractivity contribution in [1.29, 1.82) is 0 Å². The third kappa shape index (κ3) is 2.96. The molecule has 2 heterocycles. The minimum atomic E-state index is 0.713. The highest BCUT2D eigenvalue weighted by Gasteiger charge is 2.35. The van der Waals surface area contributed by atoms with E-state index in [9.17, 15) is 0 Å². The summed E-state index contributed by atoms with van der Waals surface area (Å²) >= 11 is 5.96. The van der Waals surface area contributed by atoms with E-state index in [2.05, 4.69) is 28.9 Å². The van der Waals surface area contributed by atoms with E-state index in [0.29, 0.717) is 6.04 Å². The van der Waals surface area contributed by atoms with Gasteiger partial charge in [-0.15, -0.1) is 0 Å². The molecule has 0 amide bonds. The summed E-state index contributed by atoms with van der Waals surface area (Å²) < 4.78 is 0. The minimum absolute atomic E-state index is 0.713. The lowest BCUT2D eigenvalue weighted by molar-refractivity contribution is 0.0437. The number of hydrogen-bond acceptors (Lipinski definition) is 2. The van der Waals surface area contributed by atoms with Gasteiger partial charge in [0, 0.05) is 36.7 Å². The molecule has 3 rings (SSSR count). The zero-order chi connectivity index (χ0) is 13.2. The molecule has 0 N–H and O–H groups in total. The lowest BCUT2D eigenvalue weighted by Gasteiger charge is -2.43. The largest absolute Gasteiger partial charge is 0.298 e. The van der Waals surface area contributed by atoms with Crippen molar-refractivity contribution in [3.05, 3.63) is 34.9 Å². The molecule has 2 unspecified atom stereocenters. The van der Waals surface area contributed by atoms with Crippen LogP contribution in [0, 0.1) is 0 Å². The predicted molar refractivity (Wildman–Crippen MR) is 80.5 cm³/mol. The number of benzene rings is 1. The van der Waals surface area contributed by atoms with Gasteiger partial charge in [0.05, 0.1) is 0 Å². The predicted octanol–water partition coefficient (Wildman–Crippen LogP) is 3.40. The number of piperazine rings is 1. The fourth-order valence-electron chi connectivity index (χ4n) is 3.55. The van der Waals surface area contributed by atoms with Crippen molar-refractivity contribution in [2.24, 2.45) is 0 Å². The Hall–Kier alpha value is -0.570. The molecule has 0 saturated carbocycles. The van der Waals surface area contributed by atoms with Crippen LogP contribution < -0.4 is 0 Å². The fraction of sp³-hybridized carbons (Fsp3) is 0.625. The Morgan fingerprint density at radius 3 is 2.74 bits per heavy atom. The van der Waals surface area contributed by atoms with Gasteiger partial charge in [0.2, 0.25) is 0 Å². The number of rotatable bonds is 3. The maximum Gasteiger partial charge on any atom is 0.0406 e. The molecule has 2 atom stereocenters. The monoisotopic (exact) mass is 278 g/mol. The molecule has 1 aromatic rings. The fourth-order valence-corrected chi connectivity index (χ4v) is 3.68. The third-order valence-electron chi connectivity index (χ3n) is 4.68. The average molecular weight is 279 g/mol. The Morgan fingerprint density at radius 2 is 2.00 bits per heavy atom. The van der Waals surface area contributed by atoms with Crippen LogP contribution in [0.3, 0.4) is 0 Å². The van der Waals surface area contributed by atoms with E-state index < -0.39 is 0 Å². The molecule has 2 nitrogen and oxygen atoms in total. The molecule has 0 bridgehead atoms. The Kier molecular flexibility index (Phi) is 4.11. The Labute approximate surface area is 121 Å². The van der Waals surface area contributed by atoms with Crippen LogP contribution in [0.5, 0.6) is 0 Å². The molecular formula is C16H23ClN2. The summed E-state index contributed by atoms with van der Waals surface area (Å²) in [6.45, 7) is 7.20. The van der Waals surface area contributed by atoms with Gasteiger partial charge in [-0.2, -0.15) is 0 Å². The summed E-state index contributed by atoms with van der Waals surface area (Å²) in [7, 11) is 0. The summed E-state index contributed by atoms with van der Waals surface area (Å²) in [6, 6.07) is 9.85. The summed E-state index contributed by atoms with van der Waals surface area (Å²) in [6.07, 6.45) is 4.01. The van der Waals surface area contributed by atoms with Gasteiger partial charge >= 0.3 is 0 Å². The van der Waals surface area contributed by atoms with Crippen molar-refractivity contribution < 1.29 is 0 Å². The zero-order valence-electron chi connectivity index (χ0n) is 11.7. The van der Waals surface area contributed by atoms with E-state index in [1.165, 1.54) is 44.5 Å². The van der Waals surface area contributed by atoms with E-state index in [1.807, 2.05) is 12.1 Å². The summed E-state index contributed by atoms with van der Waals surface area (Å²) in [5.74, 6) is 0. The van der Waals surface area contributed by atoms with Crippen molar-refractivity contribution in [3.8, 4) is 0 Å². The van der Waals surface area contributed by atoms with Crippen LogP contribution in [0.4, 0.5) is 0 Å². The first-order valence-electron chi connectivity index (χ1n) is 7.49. The topological polar surface area (TPSA) is 6.48 Å². The van der Waals surface area contributed by atoms with Crippen LogP contribution in [0.2, 0.25) is 5.02 Å². The Morgan fingerprint density at radius 1 is 1.21 bits per heavy atom. The minimum Gasteiger partial charge on any atom is -0.298 e. The highest BCUT2D eigenvalue weighted by molar-refractivity contribution is 6.30. The molecule has 2 aliphatic heterocycles. The highest BCUT2D eigenvalue weighted by atomic mass is 35.5. The van der Waals surface area contributed by atoms with Crippen molar-refractivity contribution in [1.82, 2.24) is 9.80 Å². The maximum atomic E-state index is 5.96. The number of halogens is 1. The number of fused-ring (bicyclic) bond motifs is 1. The molecule has 2 aliphatic rings. The number of hydrogen-bond donors (Lipinski definition) is 0. The second-order valence-corrected chi connectivity index (χ2v) is 6.35. The van der Waals surface area contributed by atoms with Gasteiger partial charge in [-0.25, -0.2) is 0 Å². The first-order chi connectivity index (χ1) is 9.26. The van der Waals surface area contributed by atoms with Crippen molar-refractivity contribution in [3.63, 3.8) is 0 Å². The zero-order valence-corrected chi connectivity index (χ0v) is 12.4. The number of nitrogens with zero attached hydrogens (tertiary/aromatic N) is 2. The normalized spacial score (nSPS) is 28.5. The van der Waals surface area contributed by atoms with Crippen LogP contribution in [-0.2, 0) is 6.54 Å². The smallest absolute Gasteiger partial charge is 0.0406 e. The third-order valence-corrected chi connectivity index (χ3v) is 4.93. The second-order valence-electron chi connectivity index (χ2n) is 5.91. The first kappa shape index (κ1) is 13.4.